The van der Waals surface area contributed by atoms with Crippen molar-refractivity contribution < 1.29 is 5.21 Å². The molecule has 2 aromatic heterocycles. The normalized spacial score (nSPS) is 13.2. The number of nitrogens with two attached hydrogens (primary N) is 1. The highest BCUT2D eigenvalue weighted by Gasteiger charge is 2.21. The van der Waals surface area contributed by atoms with Gasteiger partial charge in [0.15, 0.2) is 5.84 Å². The highest BCUT2D eigenvalue weighted by Crippen LogP contribution is 2.30. The number of thiophene rings is 1. The third kappa shape index (κ3) is 3.00. The number of hydrogen-bond acceptors (Lipinski definition) is 5. The molecular formula is C15H20N4OS. The van der Waals surface area contributed by atoms with Crippen LogP contribution in [0.5, 0.6) is 0 Å². The van der Waals surface area contributed by atoms with Gasteiger partial charge in [-0.2, -0.15) is 0 Å². The number of rotatable bonds is 4. The van der Waals surface area contributed by atoms with Crippen LogP contribution in [0.1, 0.15) is 34.7 Å². The first-order valence-corrected chi connectivity index (χ1v) is 7.56. The lowest BCUT2D eigenvalue weighted by molar-refractivity contribution is 0.318. The predicted molar refractivity (Wildman–Crippen MR) is 87.4 cm³/mol. The summed E-state index contributed by atoms with van der Waals surface area (Å²) in [5, 5.41) is 14.2. The van der Waals surface area contributed by atoms with Gasteiger partial charge in [-0.25, -0.2) is 4.98 Å². The van der Waals surface area contributed by atoms with E-state index in [1.165, 1.54) is 4.88 Å². The number of oxime groups is 1. The molecule has 0 fully saturated rings. The number of pyridine rings is 1. The monoisotopic (exact) mass is 304 g/mol. The van der Waals surface area contributed by atoms with E-state index in [4.69, 9.17) is 10.9 Å². The molecule has 0 aliphatic heterocycles. The molecule has 0 aliphatic carbocycles. The molecule has 2 heterocycles. The number of hydrogen-bond donors (Lipinski definition) is 2. The van der Waals surface area contributed by atoms with Crippen molar-refractivity contribution >= 4 is 23.0 Å². The molecule has 0 aromatic carbocycles. The largest absolute Gasteiger partial charge is 0.409 e. The van der Waals surface area contributed by atoms with Crippen molar-refractivity contribution in [3.05, 3.63) is 45.3 Å². The molecule has 0 bridgehead atoms. The quantitative estimate of drug-likeness (QED) is 0.394. The Labute approximate surface area is 128 Å². The van der Waals surface area contributed by atoms with E-state index < -0.39 is 0 Å². The van der Waals surface area contributed by atoms with Crippen LogP contribution in [0.2, 0.25) is 0 Å². The predicted octanol–water partition coefficient (Wildman–Crippen LogP) is 3.05. The average Bonchev–Trinajstić information content (AvgIpc) is 2.98. The van der Waals surface area contributed by atoms with E-state index in [1.54, 1.807) is 11.3 Å². The molecule has 1 atom stereocenters. The molecule has 5 nitrogen and oxygen atoms in total. The number of amidine groups is 1. The molecule has 0 amide bonds. The molecule has 0 spiro atoms. The number of nitrogens with zero attached hydrogens (tertiary/aromatic N) is 3. The van der Waals surface area contributed by atoms with Gasteiger partial charge in [0, 0.05) is 17.6 Å². The van der Waals surface area contributed by atoms with Crippen LogP contribution in [0.25, 0.3) is 0 Å². The molecule has 6 heteroatoms. The first kappa shape index (κ1) is 15.3. The molecular weight excluding hydrogens is 284 g/mol. The van der Waals surface area contributed by atoms with Gasteiger partial charge in [0.25, 0.3) is 0 Å². The summed E-state index contributed by atoms with van der Waals surface area (Å²) in [6.07, 6.45) is 0. The Morgan fingerprint density at radius 1 is 1.48 bits per heavy atom. The molecule has 2 rings (SSSR count). The summed E-state index contributed by atoms with van der Waals surface area (Å²) >= 11 is 1.70. The maximum Gasteiger partial charge on any atom is 0.174 e. The van der Waals surface area contributed by atoms with Gasteiger partial charge in [0.05, 0.1) is 11.6 Å². The van der Waals surface area contributed by atoms with Crippen molar-refractivity contribution in [2.75, 3.05) is 11.9 Å². The molecule has 112 valence electrons. The van der Waals surface area contributed by atoms with Crippen LogP contribution in [0.15, 0.2) is 28.7 Å². The zero-order valence-electron chi connectivity index (χ0n) is 12.7. The smallest absolute Gasteiger partial charge is 0.174 e. The molecule has 0 aliphatic rings. The lowest BCUT2D eigenvalue weighted by Gasteiger charge is -2.28. The summed E-state index contributed by atoms with van der Waals surface area (Å²) in [6, 6.07) is 6.21. The molecule has 1 unspecified atom stereocenters. The van der Waals surface area contributed by atoms with Gasteiger partial charge in [-0.3, -0.25) is 0 Å². The molecule has 0 saturated heterocycles. The van der Waals surface area contributed by atoms with Crippen molar-refractivity contribution in [3.63, 3.8) is 0 Å². The fourth-order valence-electron chi connectivity index (χ4n) is 2.34. The topological polar surface area (TPSA) is 74.7 Å². The zero-order chi connectivity index (χ0) is 15.6. The van der Waals surface area contributed by atoms with E-state index in [0.29, 0.717) is 5.56 Å². The third-order valence-electron chi connectivity index (χ3n) is 3.56. The summed E-state index contributed by atoms with van der Waals surface area (Å²) in [6.45, 7) is 5.99. The Balaban J connectivity index is 2.52. The summed E-state index contributed by atoms with van der Waals surface area (Å²) in [5.74, 6) is 0.809. The van der Waals surface area contributed by atoms with Crippen LogP contribution in [-0.4, -0.2) is 23.1 Å². The Bertz CT molecular complexity index is 652. The Kier molecular flexibility index (Phi) is 4.47. The van der Waals surface area contributed by atoms with Crippen molar-refractivity contribution in [1.29, 1.82) is 0 Å². The number of aromatic nitrogens is 1. The average molecular weight is 304 g/mol. The van der Waals surface area contributed by atoms with E-state index in [0.717, 1.165) is 17.1 Å². The standard InChI is InChI=1S/C15H20N4OS/c1-9-8-10(2)17-15(13(9)14(16)18-20)19(4)11(3)12-6-5-7-21-12/h5-8,11,20H,1-4H3,(H2,16,18). The van der Waals surface area contributed by atoms with Crippen LogP contribution >= 0.6 is 11.3 Å². The Morgan fingerprint density at radius 2 is 2.19 bits per heavy atom. The van der Waals surface area contributed by atoms with Gasteiger partial charge in [-0.15, -0.1) is 11.3 Å². The van der Waals surface area contributed by atoms with Crippen LogP contribution in [0.4, 0.5) is 5.82 Å². The minimum absolute atomic E-state index is 0.0835. The van der Waals surface area contributed by atoms with Gasteiger partial charge < -0.3 is 15.8 Å². The highest BCUT2D eigenvalue weighted by molar-refractivity contribution is 7.10. The van der Waals surface area contributed by atoms with Gasteiger partial charge in [0.2, 0.25) is 0 Å². The van der Waals surface area contributed by atoms with Crippen LogP contribution in [0, 0.1) is 13.8 Å². The van der Waals surface area contributed by atoms with Crippen molar-refractivity contribution in [2.45, 2.75) is 26.8 Å². The van der Waals surface area contributed by atoms with Crippen molar-refractivity contribution in [2.24, 2.45) is 10.9 Å². The van der Waals surface area contributed by atoms with Gasteiger partial charge in [-0.05, 0) is 43.8 Å². The zero-order valence-corrected chi connectivity index (χ0v) is 13.5. The Morgan fingerprint density at radius 3 is 2.76 bits per heavy atom. The summed E-state index contributed by atoms with van der Waals surface area (Å²) in [7, 11) is 1.97. The Hall–Kier alpha value is -2.08. The molecule has 3 N–H and O–H groups in total. The van der Waals surface area contributed by atoms with E-state index >= 15 is 0 Å². The first-order valence-electron chi connectivity index (χ1n) is 6.68. The lowest BCUT2D eigenvalue weighted by atomic mass is 10.1. The van der Waals surface area contributed by atoms with Crippen LogP contribution in [0.3, 0.4) is 0 Å². The molecule has 21 heavy (non-hydrogen) atoms. The van der Waals surface area contributed by atoms with Crippen LogP contribution < -0.4 is 10.6 Å². The van der Waals surface area contributed by atoms with E-state index in [1.807, 2.05) is 33.0 Å². The van der Waals surface area contributed by atoms with Crippen molar-refractivity contribution in [1.82, 2.24) is 4.98 Å². The number of aryl methyl sites for hydroxylation is 2. The van der Waals surface area contributed by atoms with Gasteiger partial charge in [-0.1, -0.05) is 11.2 Å². The molecule has 0 saturated carbocycles. The summed E-state index contributed by atoms with van der Waals surface area (Å²) in [5.41, 5.74) is 8.36. The van der Waals surface area contributed by atoms with Gasteiger partial charge >= 0.3 is 0 Å². The van der Waals surface area contributed by atoms with E-state index in [-0.39, 0.29) is 11.9 Å². The highest BCUT2D eigenvalue weighted by atomic mass is 32.1. The molecule has 0 radical (unpaired) electrons. The number of anilines is 1. The van der Waals surface area contributed by atoms with Crippen LogP contribution in [-0.2, 0) is 0 Å². The summed E-state index contributed by atoms with van der Waals surface area (Å²) < 4.78 is 0. The van der Waals surface area contributed by atoms with E-state index in [9.17, 15) is 0 Å². The fraction of sp³-hybridized carbons (Fsp3) is 0.333. The summed E-state index contributed by atoms with van der Waals surface area (Å²) in [4.78, 5) is 7.89. The minimum atomic E-state index is 0.0835. The van der Waals surface area contributed by atoms with Crippen molar-refractivity contribution in [3.8, 4) is 0 Å². The SMILES string of the molecule is Cc1cc(C)c(C(N)=NO)c(N(C)C(C)c2cccs2)n1. The van der Waals surface area contributed by atoms with Gasteiger partial charge in [0.1, 0.15) is 5.82 Å². The molecule has 2 aromatic rings. The lowest BCUT2D eigenvalue weighted by Crippen LogP contribution is -2.27. The maximum absolute atomic E-state index is 9.03. The second kappa shape index (κ2) is 6.13. The van der Waals surface area contributed by atoms with E-state index in [2.05, 4.69) is 33.4 Å². The minimum Gasteiger partial charge on any atom is -0.409 e. The maximum atomic E-state index is 9.03. The third-order valence-corrected chi connectivity index (χ3v) is 4.60. The first-order chi connectivity index (χ1) is 9.95. The second-order valence-corrected chi connectivity index (χ2v) is 6.05. The fourth-order valence-corrected chi connectivity index (χ4v) is 3.17. The second-order valence-electron chi connectivity index (χ2n) is 5.07.